The van der Waals surface area contributed by atoms with E-state index in [4.69, 9.17) is 4.99 Å². The molecule has 0 saturated carbocycles. The van der Waals surface area contributed by atoms with Crippen molar-refractivity contribution in [2.75, 3.05) is 13.6 Å². The fraction of sp³-hybridized carbons (Fsp3) is 0.526. The van der Waals surface area contributed by atoms with Crippen LogP contribution in [0, 0.1) is 0 Å². The van der Waals surface area contributed by atoms with Crippen LogP contribution in [-0.2, 0) is 26.1 Å². The molecule has 2 heterocycles. The maximum Gasteiger partial charge on any atom is 0.194 e. The summed E-state index contributed by atoms with van der Waals surface area (Å²) in [5, 5.41) is 12.1. The zero-order valence-corrected chi connectivity index (χ0v) is 17.2. The van der Waals surface area contributed by atoms with Crippen LogP contribution in [0.5, 0.6) is 0 Å². The van der Waals surface area contributed by atoms with Gasteiger partial charge in [0.1, 0.15) is 12.4 Å². The summed E-state index contributed by atoms with van der Waals surface area (Å²) < 4.78 is 3.35. The Morgan fingerprint density at radius 1 is 1.23 bits per heavy atom. The smallest absolute Gasteiger partial charge is 0.194 e. The van der Waals surface area contributed by atoms with Gasteiger partial charge in [-0.1, -0.05) is 34.5 Å². The summed E-state index contributed by atoms with van der Waals surface area (Å²) in [6.07, 6.45) is 4.70. The number of aliphatic imine (C=N–C) groups is 1. The van der Waals surface area contributed by atoms with Gasteiger partial charge in [0.15, 0.2) is 11.8 Å². The van der Waals surface area contributed by atoms with Gasteiger partial charge in [-0.25, -0.2) is 4.99 Å². The highest BCUT2D eigenvalue weighted by molar-refractivity contribution is 9.10. The van der Waals surface area contributed by atoms with E-state index in [0.717, 1.165) is 48.1 Å². The standard InChI is InChI=1S/C19H27BrN6/c1-3-21-19(25(2)14-15-8-10-16(20)11-9-15)22-13-18-24-23-17-7-5-4-6-12-26(17)18/h8-11H,3-7,12-14H2,1-2H3,(H,21,22). The van der Waals surface area contributed by atoms with Gasteiger partial charge in [-0.05, 0) is 37.5 Å². The number of nitrogens with zero attached hydrogens (tertiary/aromatic N) is 5. The van der Waals surface area contributed by atoms with Crippen LogP contribution >= 0.6 is 15.9 Å². The van der Waals surface area contributed by atoms with E-state index in [2.05, 4.69) is 79.1 Å². The third-order valence-electron chi connectivity index (χ3n) is 4.59. The van der Waals surface area contributed by atoms with Gasteiger partial charge >= 0.3 is 0 Å². The molecule has 7 heteroatoms. The number of nitrogens with one attached hydrogen (secondary N) is 1. The van der Waals surface area contributed by atoms with Crippen LogP contribution < -0.4 is 5.32 Å². The highest BCUT2D eigenvalue weighted by Crippen LogP contribution is 2.15. The first-order valence-corrected chi connectivity index (χ1v) is 10.1. The molecule has 1 aromatic heterocycles. The minimum Gasteiger partial charge on any atom is -0.357 e. The molecular formula is C19H27BrN6. The molecule has 0 unspecified atom stereocenters. The first-order valence-electron chi connectivity index (χ1n) is 9.32. The predicted molar refractivity (Wildman–Crippen MR) is 108 cm³/mol. The number of fused-ring (bicyclic) bond motifs is 1. The van der Waals surface area contributed by atoms with Gasteiger partial charge in [0.2, 0.25) is 0 Å². The van der Waals surface area contributed by atoms with E-state index in [0.29, 0.717) is 6.54 Å². The lowest BCUT2D eigenvalue weighted by Gasteiger charge is -2.22. The third kappa shape index (κ3) is 4.84. The number of rotatable bonds is 5. The van der Waals surface area contributed by atoms with Crippen molar-refractivity contribution in [2.24, 2.45) is 4.99 Å². The van der Waals surface area contributed by atoms with Gasteiger partial charge in [-0.3, -0.25) is 0 Å². The van der Waals surface area contributed by atoms with Gasteiger partial charge < -0.3 is 14.8 Å². The molecule has 140 valence electrons. The van der Waals surface area contributed by atoms with Crippen molar-refractivity contribution in [3.8, 4) is 0 Å². The Hall–Kier alpha value is -1.89. The number of aryl methyl sites for hydroxylation is 1. The van der Waals surface area contributed by atoms with E-state index in [1.54, 1.807) is 0 Å². The summed E-state index contributed by atoms with van der Waals surface area (Å²) in [5.41, 5.74) is 1.25. The second-order valence-electron chi connectivity index (χ2n) is 6.65. The van der Waals surface area contributed by atoms with Crippen molar-refractivity contribution in [1.82, 2.24) is 25.0 Å². The number of guanidine groups is 1. The molecule has 1 aliphatic rings. The fourth-order valence-electron chi connectivity index (χ4n) is 3.22. The Kier molecular flexibility index (Phi) is 6.66. The van der Waals surface area contributed by atoms with E-state index in [1.807, 2.05) is 0 Å². The summed E-state index contributed by atoms with van der Waals surface area (Å²) in [5.74, 6) is 2.97. The predicted octanol–water partition coefficient (Wildman–Crippen LogP) is 3.36. The lowest BCUT2D eigenvalue weighted by molar-refractivity contribution is 0.475. The van der Waals surface area contributed by atoms with Crippen LogP contribution in [-0.4, -0.2) is 39.2 Å². The maximum absolute atomic E-state index is 4.81. The van der Waals surface area contributed by atoms with Crippen molar-refractivity contribution in [3.63, 3.8) is 0 Å². The normalized spacial score (nSPS) is 14.7. The molecule has 0 bridgehead atoms. The zero-order valence-electron chi connectivity index (χ0n) is 15.6. The zero-order chi connectivity index (χ0) is 18.4. The molecule has 0 saturated heterocycles. The molecule has 26 heavy (non-hydrogen) atoms. The summed E-state index contributed by atoms with van der Waals surface area (Å²) in [6.45, 7) is 5.29. The Morgan fingerprint density at radius 3 is 2.81 bits per heavy atom. The average molecular weight is 419 g/mol. The van der Waals surface area contributed by atoms with E-state index < -0.39 is 0 Å². The molecule has 0 fully saturated rings. The number of aromatic nitrogens is 3. The molecule has 1 aliphatic heterocycles. The Morgan fingerprint density at radius 2 is 2.04 bits per heavy atom. The van der Waals surface area contributed by atoms with E-state index >= 15 is 0 Å². The molecule has 0 atom stereocenters. The monoisotopic (exact) mass is 418 g/mol. The second-order valence-corrected chi connectivity index (χ2v) is 7.56. The largest absolute Gasteiger partial charge is 0.357 e. The Bertz CT molecular complexity index is 737. The molecule has 1 aromatic carbocycles. The highest BCUT2D eigenvalue weighted by atomic mass is 79.9. The quantitative estimate of drug-likeness (QED) is 0.597. The van der Waals surface area contributed by atoms with E-state index in [9.17, 15) is 0 Å². The second kappa shape index (κ2) is 9.16. The fourth-order valence-corrected chi connectivity index (χ4v) is 3.48. The van der Waals surface area contributed by atoms with Crippen LogP contribution in [0.3, 0.4) is 0 Å². The molecule has 1 N–H and O–H groups in total. The molecule has 6 nitrogen and oxygen atoms in total. The summed E-state index contributed by atoms with van der Waals surface area (Å²) in [4.78, 5) is 6.95. The van der Waals surface area contributed by atoms with Gasteiger partial charge in [-0.15, -0.1) is 10.2 Å². The van der Waals surface area contributed by atoms with Crippen LogP contribution in [0.1, 0.15) is 43.4 Å². The summed E-state index contributed by atoms with van der Waals surface area (Å²) in [7, 11) is 2.06. The van der Waals surface area contributed by atoms with E-state index in [-0.39, 0.29) is 0 Å². The highest BCUT2D eigenvalue weighted by Gasteiger charge is 2.15. The first-order chi connectivity index (χ1) is 12.7. The molecule has 2 aromatic rings. The van der Waals surface area contributed by atoms with E-state index in [1.165, 1.54) is 24.8 Å². The Labute approximate surface area is 163 Å². The van der Waals surface area contributed by atoms with Crippen molar-refractivity contribution in [3.05, 3.63) is 46.0 Å². The van der Waals surface area contributed by atoms with Crippen molar-refractivity contribution >= 4 is 21.9 Å². The number of hydrogen-bond acceptors (Lipinski definition) is 3. The molecular weight excluding hydrogens is 392 g/mol. The molecule has 0 spiro atoms. The van der Waals surface area contributed by atoms with Gasteiger partial charge in [0, 0.05) is 37.6 Å². The topological polar surface area (TPSA) is 58.3 Å². The van der Waals surface area contributed by atoms with Crippen LogP contribution in [0.15, 0.2) is 33.7 Å². The number of halogens is 1. The lowest BCUT2D eigenvalue weighted by Crippen LogP contribution is -2.38. The minimum absolute atomic E-state index is 0.556. The Balaban J connectivity index is 1.70. The van der Waals surface area contributed by atoms with Crippen molar-refractivity contribution in [1.29, 1.82) is 0 Å². The molecule has 3 rings (SSSR count). The number of benzene rings is 1. The molecule has 0 aliphatic carbocycles. The molecule has 0 radical (unpaired) electrons. The van der Waals surface area contributed by atoms with Gasteiger partial charge in [0.25, 0.3) is 0 Å². The maximum atomic E-state index is 4.81. The summed E-state index contributed by atoms with van der Waals surface area (Å²) in [6, 6.07) is 8.39. The van der Waals surface area contributed by atoms with Crippen molar-refractivity contribution < 1.29 is 0 Å². The average Bonchev–Trinajstić information content (AvgIpc) is 2.87. The van der Waals surface area contributed by atoms with Crippen LogP contribution in [0.4, 0.5) is 0 Å². The molecule has 0 amide bonds. The lowest BCUT2D eigenvalue weighted by atomic mass is 10.2. The first kappa shape index (κ1) is 18.9. The van der Waals surface area contributed by atoms with Crippen LogP contribution in [0.25, 0.3) is 0 Å². The van der Waals surface area contributed by atoms with Crippen molar-refractivity contribution in [2.45, 2.75) is 52.2 Å². The number of hydrogen-bond donors (Lipinski definition) is 1. The summed E-state index contributed by atoms with van der Waals surface area (Å²) >= 11 is 3.48. The van der Waals surface area contributed by atoms with Gasteiger partial charge in [0.05, 0.1) is 0 Å². The minimum atomic E-state index is 0.556. The third-order valence-corrected chi connectivity index (χ3v) is 5.11. The van der Waals surface area contributed by atoms with Gasteiger partial charge in [-0.2, -0.15) is 0 Å². The van der Waals surface area contributed by atoms with Crippen LogP contribution in [0.2, 0.25) is 0 Å². The SMILES string of the molecule is CCNC(=NCc1nnc2n1CCCCC2)N(C)Cc1ccc(Br)cc1.